The van der Waals surface area contributed by atoms with E-state index < -0.39 is 6.23 Å². The van der Waals surface area contributed by atoms with Crippen LogP contribution in [0.25, 0.3) is 11.0 Å². The molecule has 0 saturated heterocycles. The molecule has 0 aliphatic carbocycles. The van der Waals surface area contributed by atoms with Crippen LogP contribution in [-0.2, 0) is 0 Å². The van der Waals surface area contributed by atoms with Gasteiger partial charge in [0.25, 0.3) is 5.91 Å². The number of aliphatic hydroxyl groups excluding tert-OH is 1. The molecule has 7 heteroatoms. The molecule has 1 atom stereocenters. The first kappa shape index (κ1) is 13.1. The number of aromatic nitrogens is 3. The van der Waals surface area contributed by atoms with Gasteiger partial charge in [0.1, 0.15) is 16.7 Å². The summed E-state index contributed by atoms with van der Waals surface area (Å²) in [5.74, 6) is -0.0396. The molecule has 1 aliphatic heterocycles. The second kappa shape index (κ2) is 4.72. The minimum atomic E-state index is -1.16. The fraction of sp³-hybridized carbons (Fsp3) is 0.0667. The highest BCUT2D eigenvalue weighted by atomic mass is 35.5. The van der Waals surface area contributed by atoms with E-state index in [-0.39, 0.29) is 5.91 Å². The average Bonchev–Trinajstić information content (AvgIpc) is 2.79. The fourth-order valence-electron chi connectivity index (χ4n) is 2.50. The largest absolute Gasteiger partial charge is 0.367 e. The number of rotatable bonds is 1. The Labute approximate surface area is 130 Å². The minimum absolute atomic E-state index is 0.303. The van der Waals surface area contributed by atoms with Crippen molar-refractivity contribution < 1.29 is 9.90 Å². The average molecular weight is 313 g/mol. The van der Waals surface area contributed by atoms with Crippen LogP contribution in [0.5, 0.6) is 0 Å². The molecule has 3 aromatic rings. The van der Waals surface area contributed by atoms with Gasteiger partial charge in [0.15, 0.2) is 11.9 Å². The highest BCUT2D eigenvalue weighted by molar-refractivity contribution is 6.29. The zero-order valence-corrected chi connectivity index (χ0v) is 11.9. The number of carbonyl (C=O) groups is 1. The Hall–Kier alpha value is -2.57. The van der Waals surface area contributed by atoms with E-state index in [1.165, 1.54) is 11.1 Å². The maximum absolute atomic E-state index is 12.5. The van der Waals surface area contributed by atoms with Crippen molar-refractivity contribution in [3.05, 3.63) is 59.0 Å². The van der Waals surface area contributed by atoms with E-state index in [4.69, 9.17) is 11.6 Å². The van der Waals surface area contributed by atoms with Gasteiger partial charge in [-0.05, 0) is 36.4 Å². The molecule has 1 amide bonds. The topological polar surface area (TPSA) is 79.2 Å². The molecule has 108 valence electrons. The van der Waals surface area contributed by atoms with Crippen LogP contribution in [0.15, 0.2) is 42.6 Å². The van der Waals surface area contributed by atoms with Crippen molar-refractivity contribution in [3.8, 4) is 0 Å². The van der Waals surface area contributed by atoms with Crippen LogP contribution in [0.4, 0.5) is 5.82 Å². The number of halogens is 1. The van der Waals surface area contributed by atoms with Gasteiger partial charge in [-0.2, -0.15) is 0 Å². The van der Waals surface area contributed by atoms with Crippen LogP contribution in [0.1, 0.15) is 22.3 Å². The Morgan fingerprint density at radius 1 is 1.14 bits per heavy atom. The third-order valence-corrected chi connectivity index (χ3v) is 3.74. The zero-order valence-electron chi connectivity index (χ0n) is 11.1. The zero-order chi connectivity index (χ0) is 15.3. The van der Waals surface area contributed by atoms with Crippen molar-refractivity contribution >= 4 is 34.4 Å². The number of hydrogen-bond donors (Lipinski definition) is 1. The minimum Gasteiger partial charge on any atom is -0.367 e. The summed E-state index contributed by atoms with van der Waals surface area (Å²) in [5, 5.41) is 11.5. The molecule has 0 radical (unpaired) electrons. The lowest BCUT2D eigenvalue weighted by molar-refractivity contribution is 0.0932. The Morgan fingerprint density at radius 3 is 2.77 bits per heavy atom. The summed E-state index contributed by atoms with van der Waals surface area (Å²) in [7, 11) is 0. The van der Waals surface area contributed by atoms with Crippen molar-refractivity contribution in [2.45, 2.75) is 6.23 Å². The van der Waals surface area contributed by atoms with Crippen LogP contribution in [0.3, 0.4) is 0 Å². The van der Waals surface area contributed by atoms with Gasteiger partial charge >= 0.3 is 0 Å². The molecule has 4 rings (SSSR count). The van der Waals surface area contributed by atoms with Crippen LogP contribution >= 0.6 is 11.6 Å². The number of hydrogen-bond acceptors (Lipinski definition) is 5. The summed E-state index contributed by atoms with van der Waals surface area (Å²) in [5.41, 5.74) is 1.11. The normalized spacial score (nSPS) is 17.1. The van der Waals surface area contributed by atoms with E-state index in [2.05, 4.69) is 15.0 Å². The molecule has 0 bridgehead atoms. The molecular weight excluding hydrogens is 304 g/mol. The quantitative estimate of drug-likeness (QED) is 0.698. The number of pyridine rings is 3. The molecule has 6 nitrogen and oxygen atoms in total. The van der Waals surface area contributed by atoms with Gasteiger partial charge in [0, 0.05) is 11.6 Å². The first-order valence-corrected chi connectivity index (χ1v) is 6.93. The summed E-state index contributed by atoms with van der Waals surface area (Å²) in [4.78, 5) is 26.2. The number of carbonyl (C=O) groups excluding carboxylic acids is 1. The van der Waals surface area contributed by atoms with E-state index in [0.29, 0.717) is 27.9 Å². The van der Waals surface area contributed by atoms with Crippen LogP contribution in [0.2, 0.25) is 5.15 Å². The van der Waals surface area contributed by atoms with Gasteiger partial charge in [-0.3, -0.25) is 14.7 Å². The summed E-state index contributed by atoms with van der Waals surface area (Å²) in [6, 6.07) is 10.2. The van der Waals surface area contributed by atoms with Gasteiger partial charge in [0.05, 0.1) is 5.56 Å². The van der Waals surface area contributed by atoms with E-state index in [1.54, 1.807) is 36.4 Å². The summed E-state index contributed by atoms with van der Waals surface area (Å²) >= 11 is 5.87. The first-order valence-electron chi connectivity index (χ1n) is 6.55. The monoisotopic (exact) mass is 312 g/mol. The molecule has 1 unspecified atom stereocenters. The predicted octanol–water partition coefficient (Wildman–Crippen LogP) is 2.33. The van der Waals surface area contributed by atoms with Gasteiger partial charge < -0.3 is 5.11 Å². The van der Waals surface area contributed by atoms with Crippen LogP contribution < -0.4 is 4.90 Å². The van der Waals surface area contributed by atoms with E-state index in [0.717, 1.165) is 5.39 Å². The molecule has 1 aliphatic rings. The number of anilines is 1. The standard InChI is InChI=1S/C15H9ClN4O2/c16-10-5-3-8-4-6-11(19-13(8)18-10)20-14(21)9-2-1-7-17-12(9)15(20)22/h1-7,15,22H. The molecule has 0 aromatic carbocycles. The Balaban J connectivity index is 1.84. The predicted molar refractivity (Wildman–Crippen MR) is 80.6 cm³/mol. The number of amides is 1. The molecule has 4 heterocycles. The second-order valence-corrected chi connectivity index (χ2v) is 5.22. The summed E-state index contributed by atoms with van der Waals surface area (Å²) in [6.45, 7) is 0. The molecule has 3 aromatic heterocycles. The van der Waals surface area contributed by atoms with E-state index >= 15 is 0 Å². The van der Waals surface area contributed by atoms with Gasteiger partial charge in [-0.1, -0.05) is 11.6 Å². The van der Waals surface area contributed by atoms with Crippen molar-refractivity contribution in [1.82, 2.24) is 15.0 Å². The molecule has 22 heavy (non-hydrogen) atoms. The number of nitrogens with zero attached hydrogens (tertiary/aromatic N) is 4. The Kier molecular flexibility index (Phi) is 2.82. The van der Waals surface area contributed by atoms with E-state index in [1.807, 2.05) is 0 Å². The molecule has 0 spiro atoms. The lowest BCUT2D eigenvalue weighted by Crippen LogP contribution is -2.28. The number of fused-ring (bicyclic) bond motifs is 2. The molecule has 0 fully saturated rings. The summed E-state index contributed by atoms with van der Waals surface area (Å²) < 4.78 is 0. The highest BCUT2D eigenvalue weighted by Gasteiger charge is 2.38. The van der Waals surface area contributed by atoms with Crippen molar-refractivity contribution in [1.29, 1.82) is 0 Å². The maximum Gasteiger partial charge on any atom is 0.263 e. The first-order chi connectivity index (χ1) is 10.6. The smallest absolute Gasteiger partial charge is 0.263 e. The van der Waals surface area contributed by atoms with Gasteiger partial charge in [-0.25, -0.2) is 9.97 Å². The highest BCUT2D eigenvalue weighted by Crippen LogP contribution is 2.33. The Bertz CT molecular complexity index is 915. The SMILES string of the molecule is O=C1c2cccnc2C(O)N1c1ccc2ccc(Cl)nc2n1. The van der Waals surface area contributed by atoms with E-state index in [9.17, 15) is 9.90 Å². The third kappa shape index (κ3) is 1.85. The summed E-state index contributed by atoms with van der Waals surface area (Å²) in [6.07, 6.45) is 0.376. The van der Waals surface area contributed by atoms with Crippen LogP contribution in [-0.4, -0.2) is 26.0 Å². The van der Waals surface area contributed by atoms with Crippen molar-refractivity contribution in [2.75, 3.05) is 4.90 Å². The van der Waals surface area contributed by atoms with Gasteiger partial charge in [0.2, 0.25) is 0 Å². The van der Waals surface area contributed by atoms with Gasteiger partial charge in [-0.15, -0.1) is 0 Å². The molecular formula is C15H9ClN4O2. The van der Waals surface area contributed by atoms with Crippen LogP contribution in [0, 0.1) is 0 Å². The maximum atomic E-state index is 12.5. The second-order valence-electron chi connectivity index (χ2n) is 4.84. The van der Waals surface area contributed by atoms with Crippen molar-refractivity contribution in [3.63, 3.8) is 0 Å². The molecule has 0 saturated carbocycles. The molecule has 1 N–H and O–H groups in total. The van der Waals surface area contributed by atoms with Crippen molar-refractivity contribution in [2.24, 2.45) is 0 Å². The fourth-order valence-corrected chi connectivity index (χ4v) is 2.64. The third-order valence-electron chi connectivity index (χ3n) is 3.53. The number of aliphatic hydroxyl groups is 1. The lowest BCUT2D eigenvalue weighted by Gasteiger charge is -2.19. The lowest BCUT2D eigenvalue weighted by atomic mass is 10.2. The Morgan fingerprint density at radius 2 is 1.95 bits per heavy atom.